The van der Waals surface area contributed by atoms with Gasteiger partial charge in [0.15, 0.2) is 5.78 Å². The van der Waals surface area contributed by atoms with Crippen LogP contribution in [0.15, 0.2) is 67.3 Å². The van der Waals surface area contributed by atoms with E-state index in [1.807, 2.05) is 54.6 Å². The first kappa shape index (κ1) is 15.7. The molecule has 3 heteroatoms. The highest BCUT2D eigenvalue weighted by molar-refractivity contribution is 5.93. The lowest BCUT2D eigenvalue weighted by molar-refractivity contribution is -0.126. The number of rotatable bonds is 5. The molecule has 2 aromatic carbocycles. The van der Waals surface area contributed by atoms with Crippen LogP contribution in [0.5, 0.6) is 0 Å². The third-order valence-corrected chi connectivity index (χ3v) is 4.43. The quantitative estimate of drug-likeness (QED) is 0.835. The number of carbonyl (C=O) groups excluding carboxylic acids is 1. The van der Waals surface area contributed by atoms with Crippen LogP contribution in [0, 0.1) is 0 Å². The van der Waals surface area contributed by atoms with Crippen molar-refractivity contribution in [2.75, 3.05) is 0 Å². The zero-order valence-electron chi connectivity index (χ0n) is 13.0. The van der Waals surface area contributed by atoms with E-state index in [0.29, 0.717) is 13.0 Å². The molecule has 0 saturated carbocycles. The van der Waals surface area contributed by atoms with Crippen LogP contribution in [0.25, 0.3) is 0 Å². The number of benzene rings is 2. The monoisotopic (exact) mass is 307 g/mol. The van der Waals surface area contributed by atoms with Gasteiger partial charge >= 0.3 is 0 Å². The molecule has 3 nitrogen and oxygen atoms in total. The molecule has 0 radical (unpaired) electrons. The second-order valence-electron chi connectivity index (χ2n) is 5.90. The molecule has 0 fully saturated rings. The van der Waals surface area contributed by atoms with Crippen molar-refractivity contribution in [3.8, 4) is 0 Å². The second kappa shape index (κ2) is 6.90. The molecule has 3 unspecified atom stereocenters. The number of aliphatic hydroxyl groups is 1. The Balaban J connectivity index is 1.86. The Bertz CT molecular complexity index is 696. The van der Waals surface area contributed by atoms with Gasteiger partial charge in [-0.25, -0.2) is 0 Å². The molecule has 118 valence electrons. The van der Waals surface area contributed by atoms with Gasteiger partial charge in [-0.2, -0.15) is 0 Å². The smallest absolute Gasteiger partial charge is 0.160 e. The third kappa shape index (κ3) is 3.11. The van der Waals surface area contributed by atoms with Gasteiger partial charge in [0, 0.05) is 12.5 Å². The molecule has 0 heterocycles. The maximum atomic E-state index is 12.8. The standard InChI is InChI=1S/C20H21NO2/c1-2-8-16-15-11-6-7-12-17(15)20(23)18(19(16)22)21-13-14-9-4-3-5-10-14/h2-7,9-12,16,18,20-21,23H,1,8,13H2. The lowest BCUT2D eigenvalue weighted by Gasteiger charge is -2.34. The van der Waals surface area contributed by atoms with Gasteiger partial charge in [0.05, 0.1) is 6.04 Å². The number of nitrogens with one attached hydrogen (secondary N) is 1. The summed E-state index contributed by atoms with van der Waals surface area (Å²) in [5, 5.41) is 13.9. The molecule has 3 atom stereocenters. The van der Waals surface area contributed by atoms with Crippen molar-refractivity contribution in [1.82, 2.24) is 5.32 Å². The molecule has 1 aliphatic rings. The van der Waals surface area contributed by atoms with Gasteiger partial charge in [-0.1, -0.05) is 60.7 Å². The molecular formula is C20H21NO2. The lowest BCUT2D eigenvalue weighted by Crippen LogP contribution is -2.47. The predicted octanol–water partition coefficient (Wildman–Crippen LogP) is 3.12. The van der Waals surface area contributed by atoms with Crippen molar-refractivity contribution in [3.05, 3.63) is 83.9 Å². The van der Waals surface area contributed by atoms with Gasteiger partial charge in [0.2, 0.25) is 0 Å². The molecule has 3 rings (SSSR count). The van der Waals surface area contributed by atoms with Crippen molar-refractivity contribution < 1.29 is 9.90 Å². The fourth-order valence-corrected chi connectivity index (χ4v) is 3.25. The second-order valence-corrected chi connectivity index (χ2v) is 5.90. The van der Waals surface area contributed by atoms with Crippen LogP contribution >= 0.6 is 0 Å². The van der Waals surface area contributed by atoms with Gasteiger partial charge < -0.3 is 10.4 Å². The minimum Gasteiger partial charge on any atom is -0.386 e. The Morgan fingerprint density at radius 2 is 1.70 bits per heavy atom. The van der Waals surface area contributed by atoms with E-state index in [1.54, 1.807) is 6.08 Å². The zero-order chi connectivity index (χ0) is 16.2. The van der Waals surface area contributed by atoms with Crippen LogP contribution in [0.2, 0.25) is 0 Å². The number of hydrogen-bond donors (Lipinski definition) is 2. The van der Waals surface area contributed by atoms with Crippen LogP contribution < -0.4 is 5.32 Å². The van der Waals surface area contributed by atoms with E-state index in [9.17, 15) is 9.90 Å². The Kier molecular flexibility index (Phi) is 4.70. The Hall–Kier alpha value is -2.23. The summed E-state index contributed by atoms with van der Waals surface area (Å²) in [5.41, 5.74) is 2.85. The maximum absolute atomic E-state index is 12.8. The van der Waals surface area contributed by atoms with Crippen LogP contribution in [0.4, 0.5) is 0 Å². The highest BCUT2D eigenvalue weighted by Gasteiger charge is 2.39. The summed E-state index contributed by atoms with van der Waals surface area (Å²) in [6, 6.07) is 16.9. The van der Waals surface area contributed by atoms with Gasteiger partial charge in [-0.05, 0) is 23.1 Å². The van der Waals surface area contributed by atoms with Crippen molar-refractivity contribution in [2.24, 2.45) is 0 Å². The largest absolute Gasteiger partial charge is 0.386 e. The molecule has 1 aliphatic carbocycles. The molecule has 0 spiro atoms. The van der Waals surface area contributed by atoms with Crippen LogP contribution in [-0.4, -0.2) is 16.9 Å². The molecule has 23 heavy (non-hydrogen) atoms. The van der Waals surface area contributed by atoms with Gasteiger partial charge in [-0.15, -0.1) is 6.58 Å². The molecule has 2 aromatic rings. The number of allylic oxidation sites excluding steroid dienone is 1. The molecule has 0 bridgehead atoms. The van der Waals surface area contributed by atoms with Crippen molar-refractivity contribution >= 4 is 5.78 Å². The third-order valence-electron chi connectivity index (χ3n) is 4.43. The number of ketones is 1. The summed E-state index contributed by atoms with van der Waals surface area (Å²) in [7, 11) is 0. The first-order chi connectivity index (χ1) is 11.2. The SMILES string of the molecule is C=CCC1C(=O)C(NCc2ccccc2)C(O)c2ccccc21. The summed E-state index contributed by atoms with van der Waals surface area (Å²) in [6.07, 6.45) is 1.54. The predicted molar refractivity (Wildman–Crippen MR) is 91.0 cm³/mol. The minimum absolute atomic E-state index is 0.0343. The summed E-state index contributed by atoms with van der Waals surface area (Å²) >= 11 is 0. The molecule has 2 N–H and O–H groups in total. The number of carbonyl (C=O) groups is 1. The van der Waals surface area contributed by atoms with Gasteiger partial charge in [0.1, 0.15) is 6.10 Å². The van der Waals surface area contributed by atoms with E-state index in [2.05, 4.69) is 11.9 Å². The highest BCUT2D eigenvalue weighted by atomic mass is 16.3. The lowest BCUT2D eigenvalue weighted by atomic mass is 9.76. The van der Waals surface area contributed by atoms with Crippen molar-refractivity contribution in [2.45, 2.75) is 31.0 Å². The molecule has 0 amide bonds. The number of Topliss-reactive ketones (excluding diaryl/α,β-unsaturated/α-hetero) is 1. The van der Waals surface area contributed by atoms with Crippen LogP contribution in [0.3, 0.4) is 0 Å². The summed E-state index contributed by atoms with van der Waals surface area (Å²) < 4.78 is 0. The fourth-order valence-electron chi connectivity index (χ4n) is 3.25. The maximum Gasteiger partial charge on any atom is 0.160 e. The van der Waals surface area contributed by atoms with E-state index in [4.69, 9.17) is 0 Å². The number of fused-ring (bicyclic) bond motifs is 1. The number of aliphatic hydroxyl groups excluding tert-OH is 1. The fraction of sp³-hybridized carbons (Fsp3) is 0.250. The van der Waals surface area contributed by atoms with E-state index in [1.165, 1.54) is 0 Å². The highest BCUT2D eigenvalue weighted by Crippen LogP contribution is 2.37. The first-order valence-electron chi connectivity index (χ1n) is 7.91. The Labute approximate surface area is 136 Å². The normalized spacial score (nSPS) is 23.3. The van der Waals surface area contributed by atoms with Crippen molar-refractivity contribution in [3.63, 3.8) is 0 Å². The van der Waals surface area contributed by atoms with E-state index in [0.717, 1.165) is 16.7 Å². The summed E-state index contributed by atoms with van der Waals surface area (Å²) in [4.78, 5) is 12.8. The first-order valence-corrected chi connectivity index (χ1v) is 7.91. The molecule has 0 aromatic heterocycles. The molecule has 0 saturated heterocycles. The molecule has 0 aliphatic heterocycles. The van der Waals surface area contributed by atoms with E-state index < -0.39 is 12.1 Å². The Morgan fingerprint density at radius 3 is 2.39 bits per heavy atom. The zero-order valence-corrected chi connectivity index (χ0v) is 13.0. The van der Waals surface area contributed by atoms with E-state index in [-0.39, 0.29) is 11.7 Å². The van der Waals surface area contributed by atoms with Crippen molar-refractivity contribution in [1.29, 1.82) is 0 Å². The summed E-state index contributed by atoms with van der Waals surface area (Å²) in [5.74, 6) is -0.201. The topological polar surface area (TPSA) is 49.3 Å². The summed E-state index contributed by atoms with van der Waals surface area (Å²) in [6.45, 7) is 4.32. The van der Waals surface area contributed by atoms with E-state index >= 15 is 0 Å². The van der Waals surface area contributed by atoms with Crippen LogP contribution in [-0.2, 0) is 11.3 Å². The Morgan fingerprint density at radius 1 is 1.04 bits per heavy atom. The average molecular weight is 307 g/mol. The van der Waals surface area contributed by atoms with Gasteiger partial charge in [0.25, 0.3) is 0 Å². The average Bonchev–Trinajstić information content (AvgIpc) is 2.59. The molecular weight excluding hydrogens is 286 g/mol. The van der Waals surface area contributed by atoms with Crippen LogP contribution in [0.1, 0.15) is 35.1 Å². The number of hydrogen-bond acceptors (Lipinski definition) is 3. The minimum atomic E-state index is -0.816. The van der Waals surface area contributed by atoms with Gasteiger partial charge in [-0.3, -0.25) is 4.79 Å².